The van der Waals surface area contributed by atoms with Crippen molar-refractivity contribution in [2.75, 3.05) is 19.6 Å². The van der Waals surface area contributed by atoms with E-state index in [1.165, 1.54) is 41.4 Å². The van der Waals surface area contributed by atoms with Gasteiger partial charge in [-0.2, -0.15) is 0 Å². The molecule has 1 unspecified atom stereocenters. The monoisotopic (exact) mass is 295 g/mol. The fourth-order valence-electron chi connectivity index (χ4n) is 3.31. The van der Waals surface area contributed by atoms with Crippen molar-refractivity contribution in [2.45, 2.75) is 65.5 Å². The molecule has 1 fully saturated rings. The zero-order valence-electron chi connectivity index (χ0n) is 13.6. The second-order valence-corrected chi connectivity index (χ2v) is 7.33. The van der Waals surface area contributed by atoms with Gasteiger partial charge in [0.1, 0.15) is 0 Å². The molecule has 0 bridgehead atoms. The van der Waals surface area contributed by atoms with Crippen molar-refractivity contribution in [3.8, 4) is 0 Å². The predicted molar refractivity (Wildman–Crippen MR) is 87.5 cm³/mol. The molecular weight excluding hydrogens is 266 g/mol. The van der Waals surface area contributed by atoms with Gasteiger partial charge in [-0.15, -0.1) is 11.3 Å². The van der Waals surface area contributed by atoms with Gasteiger partial charge in [-0.3, -0.25) is 4.90 Å². The SMILES string of the molecule is CCC1(CC)CN(C(C)c2sc(C)nc2C)CCCN1. The molecule has 114 valence electrons. The van der Waals surface area contributed by atoms with Crippen LogP contribution in [0, 0.1) is 13.8 Å². The van der Waals surface area contributed by atoms with Crippen molar-refractivity contribution in [3.05, 3.63) is 15.6 Å². The zero-order valence-corrected chi connectivity index (χ0v) is 14.4. The van der Waals surface area contributed by atoms with Crippen LogP contribution in [0.2, 0.25) is 0 Å². The van der Waals surface area contributed by atoms with Crippen LogP contribution in [0.3, 0.4) is 0 Å². The highest BCUT2D eigenvalue weighted by Gasteiger charge is 2.33. The number of aryl methyl sites for hydroxylation is 2. The zero-order chi connectivity index (χ0) is 14.8. The average molecular weight is 295 g/mol. The summed E-state index contributed by atoms with van der Waals surface area (Å²) in [6, 6.07) is 0.485. The van der Waals surface area contributed by atoms with Gasteiger partial charge >= 0.3 is 0 Å². The Morgan fingerprint density at radius 3 is 2.60 bits per heavy atom. The molecule has 1 aliphatic heterocycles. The number of hydrogen-bond donors (Lipinski definition) is 1. The molecule has 0 spiro atoms. The lowest BCUT2D eigenvalue weighted by molar-refractivity contribution is 0.158. The summed E-state index contributed by atoms with van der Waals surface area (Å²) in [7, 11) is 0. The topological polar surface area (TPSA) is 28.2 Å². The maximum absolute atomic E-state index is 4.60. The Balaban J connectivity index is 2.19. The second kappa shape index (κ2) is 6.54. The molecule has 0 aliphatic carbocycles. The normalized spacial score (nSPS) is 21.6. The first-order valence-corrected chi connectivity index (χ1v) is 8.76. The highest BCUT2D eigenvalue weighted by atomic mass is 32.1. The lowest BCUT2D eigenvalue weighted by Gasteiger charge is -2.37. The molecule has 20 heavy (non-hydrogen) atoms. The minimum Gasteiger partial charge on any atom is -0.310 e. The lowest BCUT2D eigenvalue weighted by Crippen LogP contribution is -2.51. The largest absolute Gasteiger partial charge is 0.310 e. The van der Waals surface area contributed by atoms with Crippen molar-refractivity contribution < 1.29 is 0 Å². The third-order valence-electron chi connectivity index (χ3n) is 4.85. The Bertz CT molecular complexity index is 437. The summed E-state index contributed by atoms with van der Waals surface area (Å²) >= 11 is 1.87. The molecule has 1 atom stereocenters. The van der Waals surface area contributed by atoms with Gasteiger partial charge in [0.25, 0.3) is 0 Å². The van der Waals surface area contributed by atoms with E-state index in [-0.39, 0.29) is 0 Å². The quantitative estimate of drug-likeness (QED) is 0.918. The van der Waals surface area contributed by atoms with Crippen LogP contribution in [0.5, 0.6) is 0 Å². The van der Waals surface area contributed by atoms with E-state index in [0.717, 1.165) is 13.1 Å². The molecule has 0 radical (unpaired) electrons. The van der Waals surface area contributed by atoms with Crippen LogP contribution >= 0.6 is 11.3 Å². The van der Waals surface area contributed by atoms with Crippen molar-refractivity contribution >= 4 is 11.3 Å². The van der Waals surface area contributed by atoms with Crippen molar-refractivity contribution in [1.82, 2.24) is 15.2 Å². The summed E-state index contributed by atoms with van der Waals surface area (Å²) in [4.78, 5) is 8.71. The number of hydrogen-bond acceptors (Lipinski definition) is 4. The van der Waals surface area contributed by atoms with E-state index in [0.29, 0.717) is 11.6 Å². The van der Waals surface area contributed by atoms with Gasteiger partial charge in [0.05, 0.1) is 10.7 Å². The van der Waals surface area contributed by atoms with E-state index in [4.69, 9.17) is 0 Å². The smallest absolute Gasteiger partial charge is 0.0900 e. The summed E-state index contributed by atoms with van der Waals surface area (Å²) in [6.45, 7) is 14.7. The molecule has 0 aromatic carbocycles. The molecule has 1 aliphatic rings. The van der Waals surface area contributed by atoms with Crippen LogP contribution < -0.4 is 5.32 Å². The number of nitrogens with one attached hydrogen (secondary N) is 1. The van der Waals surface area contributed by atoms with Gasteiger partial charge in [-0.25, -0.2) is 4.98 Å². The molecule has 2 heterocycles. The maximum atomic E-state index is 4.60. The highest BCUT2D eigenvalue weighted by molar-refractivity contribution is 7.11. The van der Waals surface area contributed by atoms with Crippen LogP contribution in [0.1, 0.15) is 61.7 Å². The third kappa shape index (κ3) is 3.23. The van der Waals surface area contributed by atoms with Crippen molar-refractivity contribution in [1.29, 1.82) is 0 Å². The van der Waals surface area contributed by atoms with Gasteiger partial charge in [-0.1, -0.05) is 13.8 Å². The Hall–Kier alpha value is -0.450. The van der Waals surface area contributed by atoms with Gasteiger partial charge in [0, 0.05) is 29.5 Å². The van der Waals surface area contributed by atoms with E-state index < -0.39 is 0 Å². The highest BCUT2D eigenvalue weighted by Crippen LogP contribution is 2.32. The van der Waals surface area contributed by atoms with E-state index in [2.05, 4.69) is 49.8 Å². The third-order valence-corrected chi connectivity index (χ3v) is 6.09. The first kappa shape index (κ1) is 15.9. The van der Waals surface area contributed by atoms with Crippen LogP contribution in [0.25, 0.3) is 0 Å². The molecule has 0 amide bonds. The van der Waals surface area contributed by atoms with Crippen molar-refractivity contribution in [2.24, 2.45) is 0 Å². The number of nitrogens with zero attached hydrogens (tertiary/aromatic N) is 2. The molecule has 3 nitrogen and oxygen atoms in total. The molecule has 1 saturated heterocycles. The standard InChI is InChI=1S/C16H29N3S/c1-6-16(7-2)11-19(10-8-9-17-16)13(4)15-12(3)18-14(5)20-15/h13,17H,6-11H2,1-5H3. The van der Waals surface area contributed by atoms with Gasteiger partial charge in [0.15, 0.2) is 0 Å². The van der Waals surface area contributed by atoms with Crippen molar-refractivity contribution in [3.63, 3.8) is 0 Å². The molecule has 4 heteroatoms. The fourth-order valence-corrected chi connectivity index (χ4v) is 4.33. The van der Waals surface area contributed by atoms with E-state index >= 15 is 0 Å². The maximum Gasteiger partial charge on any atom is 0.0900 e. The fraction of sp³-hybridized carbons (Fsp3) is 0.812. The lowest BCUT2D eigenvalue weighted by atomic mass is 9.92. The van der Waals surface area contributed by atoms with E-state index in [1.54, 1.807) is 0 Å². The number of aromatic nitrogens is 1. The Kier molecular flexibility index (Phi) is 5.21. The van der Waals surface area contributed by atoms with Crippen LogP contribution in [0.4, 0.5) is 0 Å². The molecule has 1 aromatic rings. The summed E-state index contributed by atoms with van der Waals surface area (Å²) in [6.07, 6.45) is 3.64. The van der Waals surface area contributed by atoms with E-state index in [1.807, 2.05) is 11.3 Å². The Morgan fingerprint density at radius 1 is 1.35 bits per heavy atom. The number of rotatable bonds is 4. The molecule has 2 rings (SSSR count). The van der Waals surface area contributed by atoms with Crippen LogP contribution in [-0.2, 0) is 0 Å². The Morgan fingerprint density at radius 2 is 2.05 bits per heavy atom. The molecular formula is C16H29N3S. The Labute approximate surface area is 127 Å². The molecule has 1 N–H and O–H groups in total. The van der Waals surface area contributed by atoms with Crippen LogP contribution in [0.15, 0.2) is 0 Å². The minimum absolute atomic E-state index is 0.290. The summed E-state index contributed by atoms with van der Waals surface area (Å²) in [5.41, 5.74) is 1.51. The average Bonchev–Trinajstić information content (AvgIpc) is 2.67. The summed E-state index contributed by atoms with van der Waals surface area (Å²) < 4.78 is 0. The predicted octanol–water partition coefficient (Wildman–Crippen LogP) is 3.68. The summed E-state index contributed by atoms with van der Waals surface area (Å²) in [5, 5.41) is 4.99. The first-order valence-electron chi connectivity index (χ1n) is 7.94. The summed E-state index contributed by atoms with van der Waals surface area (Å²) in [5.74, 6) is 0. The molecule has 1 aromatic heterocycles. The van der Waals surface area contributed by atoms with Gasteiger partial charge in [0.2, 0.25) is 0 Å². The second-order valence-electron chi connectivity index (χ2n) is 6.10. The van der Waals surface area contributed by atoms with Gasteiger partial charge in [-0.05, 0) is 46.6 Å². The van der Waals surface area contributed by atoms with E-state index in [9.17, 15) is 0 Å². The minimum atomic E-state index is 0.290. The molecule has 0 saturated carbocycles. The van der Waals surface area contributed by atoms with Crippen LogP contribution in [-0.4, -0.2) is 35.1 Å². The first-order chi connectivity index (χ1) is 9.51. The van der Waals surface area contributed by atoms with Gasteiger partial charge < -0.3 is 5.32 Å². The number of thiazole rings is 1.